The fourth-order valence-electron chi connectivity index (χ4n) is 4.01. The van der Waals surface area contributed by atoms with Crippen molar-refractivity contribution in [3.8, 4) is 10.6 Å². The fourth-order valence-corrected chi connectivity index (χ4v) is 4.83. The zero-order valence-electron chi connectivity index (χ0n) is 15.4. The van der Waals surface area contributed by atoms with Gasteiger partial charge in [0.1, 0.15) is 5.01 Å². The van der Waals surface area contributed by atoms with E-state index in [1.54, 1.807) is 11.3 Å². The minimum atomic E-state index is 0.0575. The van der Waals surface area contributed by atoms with Gasteiger partial charge in [-0.1, -0.05) is 73.5 Å². The summed E-state index contributed by atoms with van der Waals surface area (Å²) in [4.78, 5) is 17.2. The molecule has 0 unspecified atom stereocenters. The minimum absolute atomic E-state index is 0.0575. The number of hydrogen-bond acceptors (Lipinski definition) is 3. The SMILES string of the molecule is O=C(Cc1csc(-c2ccccc2)n1)NCC1(c2ccccc2)CCCC1. The number of aromatic nitrogens is 1. The van der Waals surface area contributed by atoms with Crippen LogP contribution in [0, 0.1) is 0 Å². The molecule has 0 atom stereocenters. The van der Waals surface area contributed by atoms with Crippen LogP contribution in [0.2, 0.25) is 0 Å². The van der Waals surface area contributed by atoms with Gasteiger partial charge in [0.15, 0.2) is 0 Å². The van der Waals surface area contributed by atoms with Crippen LogP contribution >= 0.6 is 11.3 Å². The third kappa shape index (κ3) is 4.11. The molecule has 1 saturated carbocycles. The molecule has 3 nitrogen and oxygen atoms in total. The highest BCUT2D eigenvalue weighted by Gasteiger charge is 2.35. The third-order valence-corrected chi connectivity index (χ3v) is 6.43. The highest BCUT2D eigenvalue weighted by molar-refractivity contribution is 7.13. The summed E-state index contributed by atoms with van der Waals surface area (Å²) in [5, 5.41) is 6.15. The van der Waals surface area contributed by atoms with Gasteiger partial charge >= 0.3 is 0 Å². The average molecular weight is 377 g/mol. The second-order valence-electron chi connectivity index (χ2n) is 7.32. The lowest BCUT2D eigenvalue weighted by Crippen LogP contribution is -2.39. The molecule has 0 radical (unpaired) electrons. The Morgan fingerprint density at radius 1 is 1.00 bits per heavy atom. The first-order chi connectivity index (χ1) is 13.3. The van der Waals surface area contributed by atoms with Gasteiger partial charge in [0.25, 0.3) is 0 Å². The lowest BCUT2D eigenvalue weighted by atomic mass is 9.79. The van der Waals surface area contributed by atoms with E-state index in [1.165, 1.54) is 18.4 Å². The molecule has 1 heterocycles. The number of carbonyl (C=O) groups excluding carboxylic acids is 1. The van der Waals surface area contributed by atoms with Crippen LogP contribution in [0.3, 0.4) is 0 Å². The summed E-state index contributed by atoms with van der Waals surface area (Å²) < 4.78 is 0. The van der Waals surface area contributed by atoms with Crippen LogP contribution in [0.25, 0.3) is 10.6 Å². The predicted octanol–water partition coefficient (Wildman–Crippen LogP) is 4.98. The van der Waals surface area contributed by atoms with Crippen LogP contribution in [0.15, 0.2) is 66.0 Å². The van der Waals surface area contributed by atoms with Crippen LogP contribution in [-0.4, -0.2) is 17.4 Å². The minimum Gasteiger partial charge on any atom is -0.355 e. The maximum atomic E-state index is 12.5. The van der Waals surface area contributed by atoms with Gasteiger partial charge < -0.3 is 5.32 Å². The van der Waals surface area contributed by atoms with Crippen LogP contribution in [0.1, 0.15) is 36.9 Å². The van der Waals surface area contributed by atoms with Gasteiger partial charge in [-0.2, -0.15) is 0 Å². The van der Waals surface area contributed by atoms with Gasteiger partial charge in [-0.05, 0) is 18.4 Å². The van der Waals surface area contributed by atoms with E-state index in [9.17, 15) is 4.79 Å². The quantitative estimate of drug-likeness (QED) is 0.659. The largest absolute Gasteiger partial charge is 0.355 e. The average Bonchev–Trinajstić information content (AvgIpc) is 3.38. The number of benzene rings is 2. The van der Waals surface area contributed by atoms with Crippen LogP contribution in [0.5, 0.6) is 0 Å². The molecule has 27 heavy (non-hydrogen) atoms. The van der Waals surface area contributed by atoms with E-state index < -0.39 is 0 Å². The number of carbonyl (C=O) groups is 1. The Morgan fingerprint density at radius 3 is 2.37 bits per heavy atom. The number of nitrogens with one attached hydrogen (secondary N) is 1. The van der Waals surface area contributed by atoms with Gasteiger partial charge in [0.2, 0.25) is 5.91 Å². The first-order valence-corrected chi connectivity index (χ1v) is 10.5. The zero-order valence-corrected chi connectivity index (χ0v) is 16.2. The van der Waals surface area contributed by atoms with Crippen molar-refractivity contribution in [2.24, 2.45) is 0 Å². The van der Waals surface area contributed by atoms with E-state index in [0.29, 0.717) is 13.0 Å². The van der Waals surface area contributed by atoms with Crippen molar-refractivity contribution < 1.29 is 4.79 Å². The monoisotopic (exact) mass is 376 g/mol. The highest BCUT2D eigenvalue weighted by atomic mass is 32.1. The first kappa shape index (κ1) is 17.9. The molecule has 0 spiro atoms. The summed E-state index contributed by atoms with van der Waals surface area (Å²) in [6, 6.07) is 20.7. The molecule has 3 aromatic rings. The Balaban J connectivity index is 1.39. The fraction of sp³-hybridized carbons (Fsp3) is 0.304. The summed E-state index contributed by atoms with van der Waals surface area (Å²) in [5.74, 6) is 0.0575. The number of nitrogens with zero attached hydrogens (tertiary/aromatic N) is 1. The van der Waals surface area contributed by atoms with Crippen molar-refractivity contribution in [2.75, 3.05) is 6.54 Å². The molecule has 1 N–H and O–H groups in total. The topological polar surface area (TPSA) is 42.0 Å². The van der Waals surface area contributed by atoms with Crippen molar-refractivity contribution in [1.29, 1.82) is 0 Å². The number of rotatable bonds is 6. The molecule has 4 rings (SSSR count). The Kier molecular flexibility index (Phi) is 5.35. The summed E-state index contributed by atoms with van der Waals surface area (Å²) in [7, 11) is 0. The van der Waals surface area contributed by atoms with E-state index in [2.05, 4.69) is 40.6 Å². The van der Waals surface area contributed by atoms with E-state index >= 15 is 0 Å². The standard InChI is InChI=1S/C23H24N2OS/c26-21(15-20-16-27-22(25-20)18-9-3-1-4-10-18)24-17-23(13-7-8-14-23)19-11-5-2-6-12-19/h1-6,9-12,16H,7-8,13-15,17H2,(H,24,26). The molecule has 1 fully saturated rings. The molecular weight excluding hydrogens is 352 g/mol. The van der Waals surface area contributed by atoms with E-state index in [-0.39, 0.29) is 11.3 Å². The lowest BCUT2D eigenvalue weighted by Gasteiger charge is -2.30. The van der Waals surface area contributed by atoms with E-state index in [4.69, 9.17) is 0 Å². The second-order valence-corrected chi connectivity index (χ2v) is 8.18. The lowest BCUT2D eigenvalue weighted by molar-refractivity contribution is -0.120. The third-order valence-electron chi connectivity index (χ3n) is 5.48. The van der Waals surface area contributed by atoms with E-state index in [0.717, 1.165) is 29.1 Å². The van der Waals surface area contributed by atoms with Crippen molar-refractivity contribution >= 4 is 17.2 Å². The molecular formula is C23H24N2OS. The predicted molar refractivity (Wildman–Crippen MR) is 111 cm³/mol. The molecule has 1 amide bonds. The zero-order chi connectivity index (χ0) is 18.5. The van der Waals surface area contributed by atoms with Crippen LogP contribution < -0.4 is 5.32 Å². The molecule has 4 heteroatoms. The maximum Gasteiger partial charge on any atom is 0.226 e. The molecule has 1 aromatic heterocycles. The summed E-state index contributed by atoms with van der Waals surface area (Å²) in [6.07, 6.45) is 5.10. The summed E-state index contributed by atoms with van der Waals surface area (Å²) >= 11 is 1.59. The van der Waals surface area contributed by atoms with Crippen molar-refractivity contribution in [3.63, 3.8) is 0 Å². The Morgan fingerprint density at radius 2 is 1.67 bits per heavy atom. The number of thiazole rings is 1. The first-order valence-electron chi connectivity index (χ1n) is 9.57. The second kappa shape index (κ2) is 8.05. The highest BCUT2D eigenvalue weighted by Crippen LogP contribution is 2.40. The smallest absolute Gasteiger partial charge is 0.226 e. The van der Waals surface area contributed by atoms with Crippen molar-refractivity contribution in [2.45, 2.75) is 37.5 Å². The molecule has 1 aliphatic carbocycles. The summed E-state index contributed by atoms with van der Waals surface area (Å²) in [6.45, 7) is 0.714. The van der Waals surface area contributed by atoms with Gasteiger partial charge in [0, 0.05) is 22.9 Å². The van der Waals surface area contributed by atoms with Crippen LogP contribution in [0.4, 0.5) is 0 Å². The maximum absolute atomic E-state index is 12.5. The number of hydrogen-bond donors (Lipinski definition) is 1. The van der Waals surface area contributed by atoms with E-state index in [1.807, 2.05) is 35.7 Å². The molecule has 0 aliphatic heterocycles. The van der Waals surface area contributed by atoms with Gasteiger partial charge in [-0.25, -0.2) is 4.98 Å². The van der Waals surface area contributed by atoms with Gasteiger partial charge in [0.05, 0.1) is 12.1 Å². The van der Waals surface area contributed by atoms with Crippen molar-refractivity contribution in [1.82, 2.24) is 10.3 Å². The van der Waals surface area contributed by atoms with Crippen molar-refractivity contribution in [3.05, 3.63) is 77.3 Å². The molecule has 0 saturated heterocycles. The molecule has 2 aromatic carbocycles. The molecule has 1 aliphatic rings. The van der Waals surface area contributed by atoms with Gasteiger partial charge in [-0.3, -0.25) is 4.79 Å². The normalized spacial score (nSPS) is 15.6. The number of amides is 1. The Labute approximate surface area is 164 Å². The molecule has 0 bridgehead atoms. The van der Waals surface area contributed by atoms with Gasteiger partial charge in [-0.15, -0.1) is 11.3 Å². The Bertz CT molecular complexity index is 883. The molecule has 138 valence electrons. The summed E-state index contributed by atoms with van der Waals surface area (Å²) in [5.41, 5.74) is 3.39. The Hall–Kier alpha value is -2.46. The van der Waals surface area contributed by atoms with Crippen LogP contribution in [-0.2, 0) is 16.6 Å².